The Morgan fingerprint density at radius 3 is 2.73 bits per heavy atom. The number of nitrogens with zero attached hydrogens (tertiary/aromatic N) is 1. The zero-order valence-electron chi connectivity index (χ0n) is 8.25. The number of carboxylic acid groups (broad SMARTS) is 1. The van der Waals surface area contributed by atoms with Crippen LogP contribution < -0.4 is 0 Å². The van der Waals surface area contributed by atoms with E-state index in [4.69, 9.17) is 10.4 Å². The molecule has 0 fully saturated rings. The number of aryl methyl sites for hydroxylation is 1. The number of rotatable bonds is 3. The molecule has 1 N–H and O–H groups in total. The van der Waals surface area contributed by atoms with E-state index in [-0.39, 0.29) is 6.42 Å². The van der Waals surface area contributed by atoms with E-state index in [1.165, 1.54) is 0 Å². The zero-order chi connectivity index (χ0) is 11.4. The maximum atomic E-state index is 10.7. The van der Waals surface area contributed by atoms with Crippen LogP contribution in [0.5, 0.6) is 0 Å². The van der Waals surface area contributed by atoms with Crippen molar-refractivity contribution < 1.29 is 9.90 Å². The van der Waals surface area contributed by atoms with Crippen LogP contribution in [0.3, 0.4) is 0 Å². The fourth-order valence-electron chi connectivity index (χ4n) is 1.43. The minimum absolute atomic E-state index is 0.0883. The molecule has 0 aliphatic carbocycles. The summed E-state index contributed by atoms with van der Waals surface area (Å²) in [4.78, 5) is 10.7. The van der Waals surface area contributed by atoms with Gasteiger partial charge >= 0.3 is 5.97 Å². The van der Waals surface area contributed by atoms with E-state index in [0.717, 1.165) is 15.6 Å². The second-order valence-corrected chi connectivity index (χ2v) is 4.26. The van der Waals surface area contributed by atoms with Gasteiger partial charge in [0.15, 0.2) is 0 Å². The Balaban J connectivity index is 3.33. The fourth-order valence-corrected chi connectivity index (χ4v) is 2.07. The Hall–Kier alpha value is -1.09. The average Bonchev–Trinajstić information content (AvgIpc) is 2.20. The van der Waals surface area contributed by atoms with Crippen molar-refractivity contribution in [1.82, 2.24) is 0 Å². The van der Waals surface area contributed by atoms with Crippen LogP contribution in [0.1, 0.15) is 23.6 Å². The third-order valence-corrected chi connectivity index (χ3v) is 3.17. The highest BCUT2D eigenvalue weighted by Gasteiger charge is 2.13. The Morgan fingerprint density at radius 2 is 2.27 bits per heavy atom. The molecular formula is C11H10INO2. The third-order valence-electron chi connectivity index (χ3n) is 2.16. The topological polar surface area (TPSA) is 61.1 Å². The lowest BCUT2D eigenvalue weighted by molar-refractivity contribution is -0.136. The van der Waals surface area contributed by atoms with Crippen LogP contribution in [0.4, 0.5) is 0 Å². The predicted molar refractivity (Wildman–Crippen MR) is 64.6 cm³/mol. The Bertz CT molecular complexity index is 435. The molecule has 0 heterocycles. The molecule has 0 amide bonds. The van der Waals surface area contributed by atoms with Gasteiger partial charge < -0.3 is 5.11 Å². The van der Waals surface area contributed by atoms with Gasteiger partial charge in [-0.25, -0.2) is 0 Å². The SMILES string of the molecule is CCc1ccc(I)c(CC(=O)O)c1C#N. The number of hydrogen-bond donors (Lipinski definition) is 1. The first kappa shape index (κ1) is 12.0. The molecule has 0 saturated heterocycles. The van der Waals surface area contributed by atoms with Crippen molar-refractivity contribution in [2.24, 2.45) is 0 Å². The normalized spacial score (nSPS) is 9.67. The molecule has 3 nitrogen and oxygen atoms in total. The average molecular weight is 315 g/mol. The molecule has 0 radical (unpaired) electrons. The lowest BCUT2D eigenvalue weighted by Crippen LogP contribution is -2.06. The standard InChI is InChI=1S/C11H10INO2/c1-2-7-3-4-10(12)8(5-11(14)15)9(7)6-13/h3-4H,2,5H2,1H3,(H,14,15). The molecule has 0 bridgehead atoms. The maximum absolute atomic E-state index is 10.7. The highest BCUT2D eigenvalue weighted by Crippen LogP contribution is 2.21. The molecule has 0 aliphatic heterocycles. The second-order valence-electron chi connectivity index (χ2n) is 3.10. The van der Waals surface area contributed by atoms with E-state index in [2.05, 4.69) is 28.7 Å². The number of nitriles is 1. The van der Waals surface area contributed by atoms with Gasteiger partial charge in [0.05, 0.1) is 18.1 Å². The summed E-state index contributed by atoms with van der Waals surface area (Å²) in [6, 6.07) is 5.83. The van der Waals surface area contributed by atoms with Gasteiger partial charge in [0.25, 0.3) is 0 Å². The van der Waals surface area contributed by atoms with Gasteiger partial charge in [-0.1, -0.05) is 13.0 Å². The summed E-state index contributed by atoms with van der Waals surface area (Å²) in [6.45, 7) is 1.95. The molecule has 4 heteroatoms. The molecule has 0 saturated carbocycles. The first-order valence-corrected chi connectivity index (χ1v) is 5.60. The first-order valence-electron chi connectivity index (χ1n) is 4.52. The van der Waals surface area contributed by atoms with Crippen LogP contribution >= 0.6 is 22.6 Å². The molecular weight excluding hydrogens is 305 g/mol. The van der Waals surface area contributed by atoms with E-state index in [1.54, 1.807) is 0 Å². The summed E-state index contributed by atoms with van der Waals surface area (Å²) in [7, 11) is 0. The molecule has 1 aromatic carbocycles. The largest absolute Gasteiger partial charge is 0.481 e. The molecule has 0 spiro atoms. The van der Waals surface area contributed by atoms with Crippen molar-refractivity contribution in [3.8, 4) is 6.07 Å². The lowest BCUT2D eigenvalue weighted by atomic mass is 9.98. The van der Waals surface area contributed by atoms with Crippen LogP contribution in [0, 0.1) is 14.9 Å². The van der Waals surface area contributed by atoms with Gasteiger partial charge in [0, 0.05) is 3.57 Å². The van der Waals surface area contributed by atoms with Crippen molar-refractivity contribution >= 4 is 28.6 Å². The van der Waals surface area contributed by atoms with Crippen molar-refractivity contribution in [2.45, 2.75) is 19.8 Å². The van der Waals surface area contributed by atoms with Crippen molar-refractivity contribution in [3.05, 3.63) is 32.4 Å². The summed E-state index contributed by atoms with van der Waals surface area (Å²) in [5.41, 5.74) is 2.06. The maximum Gasteiger partial charge on any atom is 0.307 e. The highest BCUT2D eigenvalue weighted by atomic mass is 127. The van der Waals surface area contributed by atoms with Gasteiger partial charge in [-0.15, -0.1) is 0 Å². The minimum Gasteiger partial charge on any atom is -0.481 e. The van der Waals surface area contributed by atoms with Crippen molar-refractivity contribution in [2.75, 3.05) is 0 Å². The van der Waals surface area contributed by atoms with E-state index < -0.39 is 5.97 Å². The van der Waals surface area contributed by atoms with Crippen LogP contribution in [-0.4, -0.2) is 11.1 Å². The van der Waals surface area contributed by atoms with Crippen LogP contribution in [0.15, 0.2) is 12.1 Å². The number of benzene rings is 1. The Morgan fingerprint density at radius 1 is 1.60 bits per heavy atom. The summed E-state index contributed by atoms with van der Waals surface area (Å²) in [5, 5.41) is 17.8. The second kappa shape index (κ2) is 5.12. The Kier molecular flexibility index (Phi) is 4.09. The van der Waals surface area contributed by atoms with E-state index in [9.17, 15) is 4.79 Å². The molecule has 0 atom stereocenters. The fraction of sp³-hybridized carbons (Fsp3) is 0.273. The molecule has 1 aromatic rings. The number of carbonyl (C=O) groups is 1. The summed E-state index contributed by atoms with van der Waals surface area (Å²) < 4.78 is 0.837. The van der Waals surface area contributed by atoms with Gasteiger partial charge in [-0.2, -0.15) is 5.26 Å². The van der Waals surface area contributed by atoms with Crippen molar-refractivity contribution in [3.63, 3.8) is 0 Å². The van der Waals surface area contributed by atoms with Gasteiger partial charge in [0.1, 0.15) is 0 Å². The van der Waals surface area contributed by atoms with Crippen molar-refractivity contribution in [1.29, 1.82) is 5.26 Å². The monoisotopic (exact) mass is 315 g/mol. The zero-order valence-corrected chi connectivity index (χ0v) is 10.4. The van der Waals surface area contributed by atoms with E-state index in [1.807, 2.05) is 19.1 Å². The summed E-state index contributed by atoms with van der Waals surface area (Å²) >= 11 is 2.06. The van der Waals surface area contributed by atoms with Crippen LogP contribution in [0.25, 0.3) is 0 Å². The van der Waals surface area contributed by atoms with Crippen LogP contribution in [0.2, 0.25) is 0 Å². The molecule has 15 heavy (non-hydrogen) atoms. The highest BCUT2D eigenvalue weighted by molar-refractivity contribution is 14.1. The smallest absolute Gasteiger partial charge is 0.307 e. The molecule has 78 valence electrons. The van der Waals surface area contributed by atoms with Gasteiger partial charge in [-0.3, -0.25) is 4.79 Å². The van der Waals surface area contributed by atoms with Crippen LogP contribution in [-0.2, 0) is 17.6 Å². The number of aliphatic carboxylic acids is 1. The minimum atomic E-state index is -0.905. The third kappa shape index (κ3) is 2.69. The number of hydrogen-bond acceptors (Lipinski definition) is 2. The number of carboxylic acids is 1. The summed E-state index contributed by atoms with van der Waals surface area (Å²) in [5.74, 6) is -0.905. The van der Waals surface area contributed by atoms with Gasteiger partial charge in [0.2, 0.25) is 0 Å². The van der Waals surface area contributed by atoms with E-state index in [0.29, 0.717) is 11.1 Å². The van der Waals surface area contributed by atoms with E-state index >= 15 is 0 Å². The molecule has 0 unspecified atom stereocenters. The molecule has 1 rings (SSSR count). The number of halogens is 1. The summed E-state index contributed by atoms with van der Waals surface area (Å²) in [6.07, 6.45) is 0.654. The predicted octanol–water partition coefficient (Wildman–Crippen LogP) is 2.35. The lowest BCUT2D eigenvalue weighted by Gasteiger charge is -2.08. The molecule has 0 aromatic heterocycles. The molecule has 0 aliphatic rings. The Labute approximate surface area is 102 Å². The quantitative estimate of drug-likeness (QED) is 0.871. The first-order chi connectivity index (χ1) is 7.10. The van der Waals surface area contributed by atoms with Gasteiger partial charge in [-0.05, 0) is 46.2 Å².